The fourth-order valence-corrected chi connectivity index (χ4v) is 3.52. The molecule has 2 aromatic rings. The zero-order chi connectivity index (χ0) is 23.0. The number of hydrogen-bond donors (Lipinski definition) is 2. The Hall–Kier alpha value is -3.21. The fourth-order valence-electron chi connectivity index (χ4n) is 3.52. The molecule has 0 aliphatic carbocycles. The van der Waals surface area contributed by atoms with E-state index >= 15 is 0 Å². The molecule has 2 heterocycles. The number of carbonyl (C=O) groups excluding carboxylic acids is 2. The van der Waals surface area contributed by atoms with Gasteiger partial charge in [-0.25, -0.2) is 4.39 Å². The molecule has 3 atom stereocenters. The zero-order valence-corrected chi connectivity index (χ0v) is 16.5. The third-order valence-corrected chi connectivity index (χ3v) is 5.10. The SMILES string of the molecule is COc1cccc(F)c1[C@@H]1C[C@](C)(C(F)(F)F)O[C@@H]1C(=O)Nc1ccnc(C(N)=O)c1. The summed E-state index contributed by atoms with van der Waals surface area (Å²) in [6.45, 7) is 0.804. The highest BCUT2D eigenvalue weighted by atomic mass is 19.4. The summed E-state index contributed by atoms with van der Waals surface area (Å²) in [4.78, 5) is 27.9. The third-order valence-electron chi connectivity index (χ3n) is 5.10. The van der Waals surface area contributed by atoms with Crippen LogP contribution in [0, 0.1) is 5.82 Å². The molecule has 1 fully saturated rings. The number of alkyl halides is 3. The Balaban J connectivity index is 2.00. The number of nitrogens with one attached hydrogen (secondary N) is 1. The molecule has 1 saturated heterocycles. The first-order valence-corrected chi connectivity index (χ1v) is 9.10. The van der Waals surface area contributed by atoms with Gasteiger partial charge in [-0.1, -0.05) is 6.07 Å². The summed E-state index contributed by atoms with van der Waals surface area (Å²) in [5.74, 6) is -3.92. The van der Waals surface area contributed by atoms with E-state index in [1.807, 2.05) is 0 Å². The largest absolute Gasteiger partial charge is 0.496 e. The van der Waals surface area contributed by atoms with E-state index in [9.17, 15) is 27.2 Å². The second-order valence-corrected chi connectivity index (χ2v) is 7.22. The van der Waals surface area contributed by atoms with Gasteiger partial charge in [-0.15, -0.1) is 0 Å². The Labute approximate surface area is 174 Å². The van der Waals surface area contributed by atoms with Crippen LogP contribution in [0.3, 0.4) is 0 Å². The van der Waals surface area contributed by atoms with Crippen molar-refractivity contribution in [2.45, 2.75) is 37.1 Å². The first kappa shape index (κ1) is 22.5. The highest BCUT2D eigenvalue weighted by molar-refractivity contribution is 5.97. The normalized spacial score (nSPS) is 23.4. The van der Waals surface area contributed by atoms with Crippen molar-refractivity contribution in [2.24, 2.45) is 5.73 Å². The number of methoxy groups -OCH3 is 1. The summed E-state index contributed by atoms with van der Waals surface area (Å²) in [5, 5.41) is 2.38. The van der Waals surface area contributed by atoms with Crippen LogP contribution in [0.1, 0.15) is 35.3 Å². The minimum absolute atomic E-state index is 0.00208. The molecule has 0 radical (unpaired) electrons. The van der Waals surface area contributed by atoms with Gasteiger partial charge in [0.05, 0.1) is 7.11 Å². The van der Waals surface area contributed by atoms with Gasteiger partial charge in [0.15, 0.2) is 5.60 Å². The average molecular weight is 441 g/mol. The molecule has 0 spiro atoms. The third kappa shape index (κ3) is 4.31. The van der Waals surface area contributed by atoms with Crippen LogP contribution in [0.5, 0.6) is 5.75 Å². The number of nitrogens with two attached hydrogens (primary N) is 1. The molecule has 7 nitrogen and oxygen atoms in total. The number of nitrogens with zero attached hydrogens (tertiary/aromatic N) is 1. The lowest BCUT2D eigenvalue weighted by Crippen LogP contribution is -2.43. The van der Waals surface area contributed by atoms with Gasteiger partial charge in [0.25, 0.3) is 11.8 Å². The lowest BCUT2D eigenvalue weighted by atomic mass is 9.85. The summed E-state index contributed by atoms with van der Waals surface area (Å²) in [5.41, 5.74) is 2.18. The number of rotatable bonds is 5. The van der Waals surface area contributed by atoms with E-state index < -0.39 is 47.9 Å². The van der Waals surface area contributed by atoms with Crippen LogP contribution >= 0.6 is 0 Å². The number of hydrogen-bond acceptors (Lipinski definition) is 5. The van der Waals surface area contributed by atoms with Crippen LogP contribution < -0.4 is 15.8 Å². The van der Waals surface area contributed by atoms with E-state index in [1.165, 1.54) is 31.5 Å². The van der Waals surface area contributed by atoms with Gasteiger partial charge in [0, 0.05) is 23.4 Å². The van der Waals surface area contributed by atoms with E-state index in [-0.39, 0.29) is 22.7 Å². The van der Waals surface area contributed by atoms with E-state index in [0.717, 1.165) is 19.1 Å². The predicted molar refractivity (Wildman–Crippen MR) is 101 cm³/mol. The van der Waals surface area contributed by atoms with Crippen LogP contribution in [-0.2, 0) is 9.53 Å². The molecular weight excluding hydrogens is 422 g/mol. The molecule has 166 valence electrons. The number of primary amides is 1. The topological polar surface area (TPSA) is 104 Å². The van der Waals surface area contributed by atoms with E-state index in [1.54, 1.807) is 0 Å². The number of aromatic nitrogens is 1. The number of carbonyl (C=O) groups is 2. The number of amides is 2. The maximum atomic E-state index is 14.6. The van der Waals surface area contributed by atoms with E-state index in [2.05, 4.69) is 10.3 Å². The van der Waals surface area contributed by atoms with Crippen molar-refractivity contribution in [1.29, 1.82) is 0 Å². The quantitative estimate of drug-likeness (QED) is 0.694. The molecule has 1 aliphatic heterocycles. The fraction of sp³-hybridized carbons (Fsp3) is 0.350. The van der Waals surface area contributed by atoms with Gasteiger partial charge >= 0.3 is 6.18 Å². The molecule has 31 heavy (non-hydrogen) atoms. The lowest BCUT2D eigenvalue weighted by molar-refractivity contribution is -0.261. The summed E-state index contributed by atoms with van der Waals surface area (Å²) in [6.07, 6.45) is -6.01. The first-order chi connectivity index (χ1) is 14.5. The van der Waals surface area contributed by atoms with Crippen LogP contribution in [-0.4, -0.2) is 41.8 Å². The number of halogens is 4. The standard InChI is InChI=1S/C20H19F4N3O4/c1-19(20(22,23)24)9-11(15-12(21)4-3-5-14(15)30-2)16(31-19)18(29)27-10-6-7-26-13(8-10)17(25)28/h3-8,11,16H,9H2,1-2H3,(H2,25,28)(H,26,27,29)/t11-,16-,19+/m0/s1. The molecule has 3 N–H and O–H groups in total. The molecule has 1 aromatic carbocycles. The van der Waals surface area contributed by atoms with Crippen molar-refractivity contribution >= 4 is 17.5 Å². The monoisotopic (exact) mass is 441 g/mol. The Kier molecular flexibility index (Phi) is 5.90. The number of ether oxygens (including phenoxy) is 2. The highest BCUT2D eigenvalue weighted by Crippen LogP contribution is 2.51. The minimum atomic E-state index is -4.81. The van der Waals surface area contributed by atoms with Gasteiger partial charge in [-0.05, 0) is 37.6 Å². The Morgan fingerprint density at radius 1 is 1.32 bits per heavy atom. The molecule has 2 amide bonds. The van der Waals surface area contributed by atoms with Crippen LogP contribution in [0.15, 0.2) is 36.5 Å². The van der Waals surface area contributed by atoms with Gasteiger partial charge in [-0.2, -0.15) is 13.2 Å². The number of anilines is 1. The number of benzene rings is 1. The summed E-state index contributed by atoms with van der Waals surface area (Å²) in [6, 6.07) is 6.28. The Morgan fingerprint density at radius 2 is 2.03 bits per heavy atom. The van der Waals surface area contributed by atoms with E-state index in [4.69, 9.17) is 15.2 Å². The molecule has 0 saturated carbocycles. The molecule has 3 rings (SSSR count). The Morgan fingerprint density at radius 3 is 2.65 bits per heavy atom. The van der Waals surface area contributed by atoms with Crippen molar-refractivity contribution < 1.29 is 36.6 Å². The van der Waals surface area contributed by atoms with Crippen molar-refractivity contribution in [1.82, 2.24) is 4.98 Å². The first-order valence-electron chi connectivity index (χ1n) is 9.10. The van der Waals surface area contributed by atoms with E-state index in [0.29, 0.717) is 0 Å². The summed E-state index contributed by atoms with van der Waals surface area (Å²) in [7, 11) is 1.24. The second kappa shape index (κ2) is 8.14. The molecular formula is C20H19F4N3O4. The maximum Gasteiger partial charge on any atom is 0.417 e. The smallest absolute Gasteiger partial charge is 0.417 e. The molecule has 0 bridgehead atoms. The minimum Gasteiger partial charge on any atom is -0.496 e. The Bertz CT molecular complexity index is 1010. The van der Waals surface area contributed by atoms with Gasteiger partial charge < -0.3 is 20.5 Å². The lowest BCUT2D eigenvalue weighted by Gasteiger charge is -2.27. The van der Waals surface area contributed by atoms with Crippen molar-refractivity contribution in [3.63, 3.8) is 0 Å². The zero-order valence-electron chi connectivity index (χ0n) is 16.5. The second-order valence-electron chi connectivity index (χ2n) is 7.22. The predicted octanol–water partition coefficient (Wildman–Crippen LogP) is 3.16. The van der Waals surface area contributed by atoms with Gasteiger partial charge in [-0.3, -0.25) is 14.6 Å². The number of pyridine rings is 1. The maximum absolute atomic E-state index is 14.6. The van der Waals surface area contributed by atoms with Crippen LogP contribution in [0.2, 0.25) is 0 Å². The molecule has 1 aliphatic rings. The molecule has 0 unspecified atom stereocenters. The molecule has 11 heteroatoms. The summed E-state index contributed by atoms with van der Waals surface area (Å²) < 4.78 is 66.0. The molecule has 1 aromatic heterocycles. The average Bonchev–Trinajstić information content (AvgIpc) is 3.06. The van der Waals surface area contributed by atoms with Gasteiger partial charge in [0.2, 0.25) is 0 Å². The van der Waals surface area contributed by atoms with Crippen molar-refractivity contribution in [3.8, 4) is 5.75 Å². The van der Waals surface area contributed by atoms with Crippen molar-refractivity contribution in [2.75, 3.05) is 12.4 Å². The van der Waals surface area contributed by atoms with Crippen LogP contribution in [0.4, 0.5) is 23.2 Å². The van der Waals surface area contributed by atoms with Gasteiger partial charge in [0.1, 0.15) is 23.4 Å². The summed E-state index contributed by atoms with van der Waals surface area (Å²) >= 11 is 0. The van der Waals surface area contributed by atoms with Crippen molar-refractivity contribution in [3.05, 3.63) is 53.6 Å². The van der Waals surface area contributed by atoms with Crippen LogP contribution in [0.25, 0.3) is 0 Å². The highest BCUT2D eigenvalue weighted by Gasteiger charge is 2.61.